The first-order valence-corrected chi connectivity index (χ1v) is 4.13. The van der Waals surface area contributed by atoms with Gasteiger partial charge in [0.15, 0.2) is 13.7 Å². The number of rotatable bonds is 2. The molecule has 0 aromatic carbocycles. The second-order valence-electron chi connectivity index (χ2n) is 2.90. The summed E-state index contributed by atoms with van der Waals surface area (Å²) in [6.45, 7) is 4.65. The van der Waals surface area contributed by atoms with Gasteiger partial charge in [-0.1, -0.05) is 0 Å². The molecule has 0 aliphatic carbocycles. The second kappa shape index (κ2) is 4.14. The molecule has 0 N–H and O–H groups in total. The summed E-state index contributed by atoms with van der Waals surface area (Å²) in [4.78, 5) is 0. The van der Waals surface area contributed by atoms with E-state index in [1.165, 1.54) is 0 Å². The highest BCUT2D eigenvalue weighted by atomic mass is 16.6. The van der Waals surface area contributed by atoms with Crippen LogP contribution < -0.4 is 0 Å². The molecule has 3 heteroatoms. The molecular formula is C9H15O3+. The summed E-state index contributed by atoms with van der Waals surface area (Å²) in [5.74, 6) is 1.48. The molecule has 0 bridgehead atoms. The monoisotopic (exact) mass is 171 g/mol. The van der Waals surface area contributed by atoms with Crippen molar-refractivity contribution in [3.8, 4) is 0 Å². The van der Waals surface area contributed by atoms with Crippen molar-refractivity contribution in [2.75, 3.05) is 13.7 Å². The summed E-state index contributed by atoms with van der Waals surface area (Å²) < 4.78 is 15.6. The van der Waals surface area contributed by atoms with Crippen LogP contribution in [0.15, 0.2) is 11.8 Å². The molecular weight excluding hydrogens is 156 g/mol. The normalized spacial score (nSPS) is 20.7. The Balaban J connectivity index is 2.58. The van der Waals surface area contributed by atoms with Crippen molar-refractivity contribution >= 4 is 5.97 Å². The molecule has 0 aromatic heterocycles. The summed E-state index contributed by atoms with van der Waals surface area (Å²) in [7, 11) is 1.59. The van der Waals surface area contributed by atoms with Crippen molar-refractivity contribution in [3.05, 3.63) is 11.8 Å². The quantitative estimate of drug-likeness (QED) is 0.464. The minimum atomic E-state index is 0.215. The van der Waals surface area contributed by atoms with Crippen LogP contribution in [0.5, 0.6) is 0 Å². The zero-order chi connectivity index (χ0) is 8.97. The van der Waals surface area contributed by atoms with Gasteiger partial charge >= 0.3 is 5.97 Å². The standard InChI is InChI=1S/C9H15O3/c1-7(2)12-8-4-5-11-9(6-8)10-3/h6-7H,4-5H2,1-3H3/q+1. The number of cyclic esters (lactones) is 1. The van der Waals surface area contributed by atoms with Crippen molar-refractivity contribution < 1.29 is 13.9 Å². The average molecular weight is 171 g/mol. The molecule has 0 radical (unpaired) electrons. The lowest BCUT2D eigenvalue weighted by atomic mass is 10.3. The van der Waals surface area contributed by atoms with Crippen LogP contribution in [0.4, 0.5) is 0 Å². The average Bonchev–Trinajstić information content (AvgIpc) is 2.03. The molecule has 3 nitrogen and oxygen atoms in total. The van der Waals surface area contributed by atoms with E-state index in [1.807, 2.05) is 13.8 Å². The minimum Gasteiger partial charge on any atom is -0.495 e. The highest BCUT2D eigenvalue weighted by Crippen LogP contribution is 2.12. The van der Waals surface area contributed by atoms with E-state index in [9.17, 15) is 0 Å². The van der Waals surface area contributed by atoms with Crippen molar-refractivity contribution in [2.24, 2.45) is 0 Å². The van der Waals surface area contributed by atoms with E-state index >= 15 is 0 Å². The van der Waals surface area contributed by atoms with E-state index in [0.717, 1.165) is 12.2 Å². The number of ether oxygens (including phenoxy) is 2. The summed E-state index contributed by atoms with van der Waals surface area (Å²) in [5.41, 5.74) is 0. The Bertz CT molecular complexity index is 204. The number of carbonyl (C=O) groups excluding carboxylic acids is 1. The lowest BCUT2D eigenvalue weighted by Crippen LogP contribution is -2.16. The molecule has 1 rings (SSSR count). The summed E-state index contributed by atoms with van der Waals surface area (Å²) >= 11 is 0. The van der Waals surface area contributed by atoms with Gasteiger partial charge in [-0.2, -0.15) is 0 Å². The third-order valence-electron chi connectivity index (χ3n) is 1.46. The van der Waals surface area contributed by atoms with Gasteiger partial charge in [0, 0.05) is 0 Å². The van der Waals surface area contributed by atoms with Crippen LogP contribution in [-0.2, 0) is 13.9 Å². The van der Waals surface area contributed by atoms with Crippen molar-refractivity contribution in [1.82, 2.24) is 0 Å². The first-order chi connectivity index (χ1) is 5.72. The third-order valence-corrected chi connectivity index (χ3v) is 1.46. The molecule has 1 aliphatic rings. The predicted molar refractivity (Wildman–Crippen MR) is 45.8 cm³/mol. The van der Waals surface area contributed by atoms with Gasteiger partial charge in [0.25, 0.3) is 0 Å². The van der Waals surface area contributed by atoms with Gasteiger partial charge in [0.1, 0.15) is 11.8 Å². The molecule has 0 unspecified atom stereocenters. The SMILES string of the molecule is C[O+]=C1C=C(OC(C)C)CCO1. The fraction of sp³-hybridized carbons (Fsp3) is 0.667. The van der Waals surface area contributed by atoms with Gasteiger partial charge < -0.3 is 13.9 Å². The largest absolute Gasteiger partial charge is 0.515 e. The van der Waals surface area contributed by atoms with Crippen LogP contribution in [-0.4, -0.2) is 25.8 Å². The molecule has 0 fully saturated rings. The maximum absolute atomic E-state index is 5.50. The molecule has 0 saturated heterocycles. The topological polar surface area (TPSA) is 29.8 Å². The lowest BCUT2D eigenvalue weighted by Gasteiger charge is -2.13. The van der Waals surface area contributed by atoms with E-state index in [4.69, 9.17) is 13.9 Å². The van der Waals surface area contributed by atoms with E-state index < -0.39 is 0 Å². The third kappa shape index (κ3) is 2.57. The van der Waals surface area contributed by atoms with Crippen molar-refractivity contribution in [1.29, 1.82) is 0 Å². The Morgan fingerprint density at radius 2 is 2.33 bits per heavy atom. The number of hydrogen-bond acceptors (Lipinski definition) is 2. The molecule has 12 heavy (non-hydrogen) atoms. The van der Waals surface area contributed by atoms with Gasteiger partial charge in [-0.05, 0) is 13.8 Å². The first kappa shape index (κ1) is 9.10. The van der Waals surface area contributed by atoms with Crippen LogP contribution >= 0.6 is 0 Å². The summed E-state index contributed by atoms with van der Waals surface area (Å²) in [5, 5.41) is 0. The fourth-order valence-electron chi connectivity index (χ4n) is 1.01. The van der Waals surface area contributed by atoms with Crippen LogP contribution in [0.2, 0.25) is 0 Å². The molecule has 0 amide bonds. The highest BCUT2D eigenvalue weighted by molar-refractivity contribution is 5.83. The van der Waals surface area contributed by atoms with Gasteiger partial charge in [-0.25, -0.2) is 0 Å². The number of esters is 1. The van der Waals surface area contributed by atoms with Gasteiger partial charge in [0.05, 0.1) is 12.5 Å². The smallest absolute Gasteiger partial charge is 0.495 e. The second-order valence-corrected chi connectivity index (χ2v) is 2.90. The van der Waals surface area contributed by atoms with Crippen LogP contribution in [0.25, 0.3) is 0 Å². The maximum Gasteiger partial charge on any atom is 0.515 e. The van der Waals surface area contributed by atoms with Crippen LogP contribution in [0, 0.1) is 0 Å². The Hall–Kier alpha value is -0.990. The van der Waals surface area contributed by atoms with E-state index in [1.54, 1.807) is 13.2 Å². The molecule has 68 valence electrons. The van der Waals surface area contributed by atoms with Crippen molar-refractivity contribution in [3.63, 3.8) is 0 Å². The van der Waals surface area contributed by atoms with E-state index in [-0.39, 0.29) is 6.10 Å². The molecule has 0 saturated carbocycles. The van der Waals surface area contributed by atoms with Gasteiger partial charge in [0.2, 0.25) is 0 Å². The maximum atomic E-state index is 5.50. The number of hydrogen-bond donors (Lipinski definition) is 0. The Morgan fingerprint density at radius 3 is 2.92 bits per heavy atom. The van der Waals surface area contributed by atoms with Crippen molar-refractivity contribution in [2.45, 2.75) is 26.4 Å². The zero-order valence-corrected chi connectivity index (χ0v) is 7.79. The molecule has 0 aromatic rings. The van der Waals surface area contributed by atoms with Crippen LogP contribution in [0.1, 0.15) is 20.3 Å². The molecule has 1 heterocycles. The lowest BCUT2D eigenvalue weighted by molar-refractivity contribution is -0.430. The summed E-state index contributed by atoms with van der Waals surface area (Å²) in [6.07, 6.45) is 2.83. The molecule has 0 atom stereocenters. The summed E-state index contributed by atoms with van der Waals surface area (Å²) in [6, 6.07) is 0. The first-order valence-electron chi connectivity index (χ1n) is 4.13. The van der Waals surface area contributed by atoms with E-state index in [0.29, 0.717) is 12.6 Å². The Kier molecular flexibility index (Phi) is 3.14. The Morgan fingerprint density at radius 1 is 1.58 bits per heavy atom. The van der Waals surface area contributed by atoms with Gasteiger partial charge in [-0.3, -0.25) is 0 Å². The van der Waals surface area contributed by atoms with E-state index in [2.05, 4.69) is 0 Å². The van der Waals surface area contributed by atoms with Crippen LogP contribution in [0.3, 0.4) is 0 Å². The Labute approximate surface area is 72.7 Å². The predicted octanol–water partition coefficient (Wildman–Crippen LogP) is 1.41. The molecule has 1 aliphatic heterocycles. The minimum absolute atomic E-state index is 0.215. The highest BCUT2D eigenvalue weighted by Gasteiger charge is 2.20. The fourth-order valence-corrected chi connectivity index (χ4v) is 1.01. The van der Waals surface area contributed by atoms with Gasteiger partial charge in [-0.15, -0.1) is 0 Å². The molecule has 0 spiro atoms. The zero-order valence-electron chi connectivity index (χ0n) is 7.79.